The van der Waals surface area contributed by atoms with Gasteiger partial charge in [0.2, 0.25) is 5.91 Å². The highest BCUT2D eigenvalue weighted by molar-refractivity contribution is 5.96. The Balaban J connectivity index is 1.79. The van der Waals surface area contributed by atoms with Crippen molar-refractivity contribution < 1.29 is 9.90 Å². The quantitative estimate of drug-likeness (QED) is 0.867. The summed E-state index contributed by atoms with van der Waals surface area (Å²) in [6.07, 6.45) is 4.14. The number of hydrogen-bond donors (Lipinski definition) is 2. The fraction of sp³-hybridized carbons (Fsp3) is 0.562. The number of aliphatic hydroxyl groups excluding tert-OH is 1. The molecule has 3 unspecified atom stereocenters. The van der Waals surface area contributed by atoms with E-state index in [1.807, 2.05) is 25.2 Å². The number of carbonyl (C=O) groups excluding carboxylic acids is 1. The van der Waals surface area contributed by atoms with E-state index in [0.717, 1.165) is 31.4 Å². The van der Waals surface area contributed by atoms with E-state index < -0.39 is 0 Å². The van der Waals surface area contributed by atoms with Crippen LogP contribution in [0.1, 0.15) is 43.7 Å². The van der Waals surface area contributed by atoms with Crippen molar-refractivity contribution in [3.63, 3.8) is 0 Å². The van der Waals surface area contributed by atoms with E-state index in [9.17, 15) is 9.90 Å². The van der Waals surface area contributed by atoms with E-state index in [1.54, 1.807) is 4.90 Å². The number of nitrogens with one attached hydrogen (secondary N) is 1. The lowest BCUT2D eigenvalue weighted by Crippen LogP contribution is -2.43. The lowest BCUT2D eigenvalue weighted by atomic mass is 9.90. The van der Waals surface area contributed by atoms with Crippen LogP contribution in [-0.4, -0.2) is 30.2 Å². The molecule has 0 saturated heterocycles. The van der Waals surface area contributed by atoms with Crippen LogP contribution in [0, 0.1) is 0 Å². The second-order valence-electron chi connectivity index (χ2n) is 5.95. The molecule has 0 radical (unpaired) electrons. The second-order valence-corrected chi connectivity index (χ2v) is 5.95. The smallest absolute Gasteiger partial charge is 0.228 e. The summed E-state index contributed by atoms with van der Waals surface area (Å²) in [7, 11) is 1.84. The minimum Gasteiger partial charge on any atom is -0.393 e. The Bertz CT molecular complexity index is 503. The lowest BCUT2D eigenvalue weighted by molar-refractivity contribution is -0.119. The molecular formula is C16H22N2O2. The Labute approximate surface area is 119 Å². The maximum atomic E-state index is 12.1. The second kappa shape index (κ2) is 5.54. The number of benzene rings is 1. The van der Waals surface area contributed by atoms with Gasteiger partial charge in [-0.2, -0.15) is 0 Å². The van der Waals surface area contributed by atoms with Gasteiger partial charge in [-0.05, 0) is 37.3 Å². The molecule has 1 aromatic rings. The SMILES string of the molecule is CN1C(=O)CC(NC2CCCC(O)C2)c2ccccc21. The molecular weight excluding hydrogens is 252 g/mol. The van der Waals surface area contributed by atoms with Gasteiger partial charge in [0.25, 0.3) is 0 Å². The van der Waals surface area contributed by atoms with Gasteiger partial charge in [-0.1, -0.05) is 18.2 Å². The minimum absolute atomic E-state index is 0.0743. The Morgan fingerprint density at radius 2 is 2.10 bits per heavy atom. The van der Waals surface area contributed by atoms with Crippen molar-refractivity contribution in [2.24, 2.45) is 0 Å². The highest BCUT2D eigenvalue weighted by Crippen LogP contribution is 2.34. The van der Waals surface area contributed by atoms with Crippen LogP contribution in [-0.2, 0) is 4.79 Å². The zero-order chi connectivity index (χ0) is 14.1. The fourth-order valence-electron chi connectivity index (χ4n) is 3.39. The zero-order valence-electron chi connectivity index (χ0n) is 11.9. The van der Waals surface area contributed by atoms with Gasteiger partial charge >= 0.3 is 0 Å². The van der Waals surface area contributed by atoms with E-state index in [4.69, 9.17) is 0 Å². The summed E-state index contributed by atoms with van der Waals surface area (Å²) in [5.41, 5.74) is 2.19. The summed E-state index contributed by atoms with van der Waals surface area (Å²) in [6, 6.07) is 8.46. The van der Waals surface area contributed by atoms with Crippen LogP contribution in [0.3, 0.4) is 0 Å². The molecule has 1 amide bonds. The first-order valence-corrected chi connectivity index (χ1v) is 7.44. The normalized spacial score (nSPS) is 30.2. The van der Waals surface area contributed by atoms with E-state index in [-0.39, 0.29) is 18.1 Å². The molecule has 4 heteroatoms. The predicted octanol–water partition coefficient (Wildman–Crippen LogP) is 1.99. The number of aliphatic hydroxyl groups is 1. The van der Waals surface area contributed by atoms with Crippen LogP contribution in [0.4, 0.5) is 5.69 Å². The fourth-order valence-corrected chi connectivity index (χ4v) is 3.39. The van der Waals surface area contributed by atoms with Crippen LogP contribution in [0.15, 0.2) is 24.3 Å². The Hall–Kier alpha value is -1.39. The van der Waals surface area contributed by atoms with E-state index in [2.05, 4.69) is 11.4 Å². The topological polar surface area (TPSA) is 52.6 Å². The molecule has 0 bridgehead atoms. The monoisotopic (exact) mass is 274 g/mol. The molecule has 0 spiro atoms. The van der Waals surface area contributed by atoms with Crippen LogP contribution < -0.4 is 10.2 Å². The summed E-state index contributed by atoms with van der Waals surface area (Å²) in [4.78, 5) is 13.8. The number of amides is 1. The van der Waals surface area contributed by atoms with Crippen molar-refractivity contribution in [3.8, 4) is 0 Å². The first kappa shape index (κ1) is 13.6. The van der Waals surface area contributed by atoms with Crippen LogP contribution in [0.2, 0.25) is 0 Å². The molecule has 20 heavy (non-hydrogen) atoms. The molecule has 2 N–H and O–H groups in total. The van der Waals surface area contributed by atoms with Crippen molar-refractivity contribution in [1.82, 2.24) is 5.32 Å². The molecule has 4 nitrogen and oxygen atoms in total. The number of carbonyl (C=O) groups is 1. The summed E-state index contributed by atoms with van der Waals surface area (Å²) >= 11 is 0. The van der Waals surface area contributed by atoms with Gasteiger partial charge in [-0.3, -0.25) is 4.79 Å². The molecule has 1 aromatic carbocycles. The van der Waals surface area contributed by atoms with Crippen molar-refractivity contribution in [1.29, 1.82) is 0 Å². The van der Waals surface area contributed by atoms with E-state index in [1.165, 1.54) is 5.56 Å². The molecule has 1 saturated carbocycles. The van der Waals surface area contributed by atoms with Gasteiger partial charge in [0, 0.05) is 31.2 Å². The van der Waals surface area contributed by atoms with E-state index in [0.29, 0.717) is 12.5 Å². The van der Waals surface area contributed by atoms with Crippen LogP contribution >= 0.6 is 0 Å². The molecule has 1 aliphatic carbocycles. The van der Waals surface area contributed by atoms with E-state index >= 15 is 0 Å². The minimum atomic E-state index is -0.196. The average Bonchev–Trinajstić information content (AvgIpc) is 2.45. The Kier molecular flexibility index (Phi) is 3.76. The summed E-state index contributed by atoms with van der Waals surface area (Å²) in [6.45, 7) is 0. The highest BCUT2D eigenvalue weighted by atomic mass is 16.3. The largest absolute Gasteiger partial charge is 0.393 e. The molecule has 3 rings (SSSR count). The number of fused-ring (bicyclic) bond motifs is 1. The maximum absolute atomic E-state index is 12.1. The zero-order valence-corrected chi connectivity index (χ0v) is 11.9. The maximum Gasteiger partial charge on any atom is 0.228 e. The highest BCUT2D eigenvalue weighted by Gasteiger charge is 2.31. The third kappa shape index (κ3) is 2.58. The number of hydrogen-bond acceptors (Lipinski definition) is 3. The summed E-state index contributed by atoms with van der Waals surface area (Å²) in [5, 5.41) is 13.4. The first-order valence-electron chi connectivity index (χ1n) is 7.44. The molecule has 1 heterocycles. The van der Waals surface area contributed by atoms with Gasteiger partial charge < -0.3 is 15.3 Å². The van der Waals surface area contributed by atoms with Crippen molar-refractivity contribution in [2.75, 3.05) is 11.9 Å². The third-order valence-corrected chi connectivity index (χ3v) is 4.51. The standard InChI is InChI=1S/C16H22N2O2/c1-18-15-8-3-2-7-13(15)14(10-16(18)20)17-11-5-4-6-12(19)9-11/h2-3,7-8,11-12,14,17,19H,4-6,9-10H2,1H3. The molecule has 3 atom stereocenters. The number of anilines is 1. The number of rotatable bonds is 2. The van der Waals surface area contributed by atoms with Crippen molar-refractivity contribution in [3.05, 3.63) is 29.8 Å². The number of para-hydroxylation sites is 1. The van der Waals surface area contributed by atoms with Gasteiger partial charge in [0.1, 0.15) is 0 Å². The van der Waals surface area contributed by atoms with Crippen molar-refractivity contribution in [2.45, 2.75) is 50.3 Å². The van der Waals surface area contributed by atoms with Crippen LogP contribution in [0.5, 0.6) is 0 Å². The van der Waals surface area contributed by atoms with Gasteiger partial charge in [-0.25, -0.2) is 0 Å². The molecule has 1 fully saturated rings. The molecule has 2 aliphatic rings. The molecule has 1 aliphatic heterocycles. The van der Waals surface area contributed by atoms with Gasteiger partial charge in [0.15, 0.2) is 0 Å². The summed E-state index contributed by atoms with van der Waals surface area (Å²) < 4.78 is 0. The first-order chi connectivity index (χ1) is 9.65. The Morgan fingerprint density at radius 3 is 2.90 bits per heavy atom. The van der Waals surface area contributed by atoms with Crippen molar-refractivity contribution >= 4 is 11.6 Å². The number of nitrogens with zero attached hydrogens (tertiary/aromatic N) is 1. The summed E-state index contributed by atoms with van der Waals surface area (Å²) in [5.74, 6) is 0.151. The lowest BCUT2D eigenvalue weighted by Gasteiger charge is -2.36. The van der Waals surface area contributed by atoms with Gasteiger partial charge in [-0.15, -0.1) is 0 Å². The molecule has 108 valence electrons. The predicted molar refractivity (Wildman–Crippen MR) is 78.6 cm³/mol. The Morgan fingerprint density at radius 1 is 1.30 bits per heavy atom. The molecule has 0 aromatic heterocycles. The van der Waals surface area contributed by atoms with Gasteiger partial charge in [0.05, 0.1) is 6.10 Å². The van der Waals surface area contributed by atoms with Crippen LogP contribution in [0.25, 0.3) is 0 Å². The third-order valence-electron chi connectivity index (χ3n) is 4.51. The average molecular weight is 274 g/mol.